The molecule has 5 rings (SSSR count). The van der Waals surface area contributed by atoms with E-state index < -0.39 is 0 Å². The molecule has 0 unspecified atom stereocenters. The van der Waals surface area contributed by atoms with Crippen LogP contribution in [-0.2, 0) is 0 Å². The first-order chi connectivity index (χ1) is 14.7. The van der Waals surface area contributed by atoms with E-state index in [0.29, 0.717) is 11.1 Å². The molecule has 30 heavy (non-hydrogen) atoms. The molecule has 0 fully saturated rings. The van der Waals surface area contributed by atoms with E-state index in [1.807, 2.05) is 60.7 Å². The molecule has 0 heterocycles. The van der Waals surface area contributed by atoms with Crippen LogP contribution in [0, 0.1) is 0 Å². The van der Waals surface area contributed by atoms with E-state index in [-0.39, 0.29) is 11.5 Å². The van der Waals surface area contributed by atoms with Crippen molar-refractivity contribution in [2.75, 3.05) is 0 Å². The molecule has 2 nitrogen and oxygen atoms in total. The van der Waals surface area contributed by atoms with E-state index in [0.717, 1.165) is 38.2 Å². The van der Waals surface area contributed by atoms with Gasteiger partial charge in [0.05, 0.1) is 0 Å². The number of aromatic hydroxyl groups is 2. The van der Waals surface area contributed by atoms with Crippen molar-refractivity contribution < 1.29 is 10.2 Å². The molecule has 5 aromatic carbocycles. The number of rotatable bonds is 3. The van der Waals surface area contributed by atoms with E-state index in [4.69, 9.17) is 0 Å². The minimum absolute atomic E-state index is 0.150. The Morgan fingerprint density at radius 2 is 1.17 bits per heavy atom. The maximum absolute atomic E-state index is 10.8. The number of fused-ring (bicyclic) bond motifs is 2. The Morgan fingerprint density at radius 1 is 0.567 bits per heavy atom. The Morgan fingerprint density at radius 3 is 1.87 bits per heavy atom. The minimum Gasteiger partial charge on any atom is -0.507 e. The highest BCUT2D eigenvalue weighted by molar-refractivity contribution is 6.10. The second kappa shape index (κ2) is 7.09. The van der Waals surface area contributed by atoms with Crippen molar-refractivity contribution in [2.24, 2.45) is 0 Å². The molecule has 2 N–H and O–H groups in total. The summed E-state index contributed by atoms with van der Waals surface area (Å²) in [7, 11) is 0. The van der Waals surface area contributed by atoms with Crippen molar-refractivity contribution in [3.05, 3.63) is 103 Å². The third-order valence-corrected chi connectivity index (χ3v) is 5.63. The van der Waals surface area contributed by atoms with Crippen LogP contribution >= 0.6 is 0 Å². The van der Waals surface area contributed by atoms with Gasteiger partial charge in [-0.25, -0.2) is 0 Å². The monoisotopic (exact) mass is 388 g/mol. The molecule has 0 saturated heterocycles. The molecule has 0 aliphatic carbocycles. The van der Waals surface area contributed by atoms with Crippen molar-refractivity contribution in [1.82, 2.24) is 0 Å². The quantitative estimate of drug-likeness (QED) is 0.338. The Hall–Kier alpha value is -4.04. The molecule has 0 aromatic heterocycles. The summed E-state index contributed by atoms with van der Waals surface area (Å²) in [5, 5.41) is 25.3. The summed E-state index contributed by atoms with van der Waals surface area (Å²) >= 11 is 0. The number of phenolic OH excluding ortho intramolecular Hbond substituents is 2. The smallest absolute Gasteiger partial charge is 0.124 e. The van der Waals surface area contributed by atoms with E-state index in [1.165, 1.54) is 0 Å². The fraction of sp³-hybridized carbons (Fsp3) is 0. The number of hydrogen-bond acceptors (Lipinski definition) is 2. The molecule has 0 spiro atoms. The molecule has 0 saturated carbocycles. The zero-order chi connectivity index (χ0) is 20.7. The van der Waals surface area contributed by atoms with E-state index in [2.05, 4.69) is 30.8 Å². The fourth-order valence-electron chi connectivity index (χ4n) is 4.10. The molecule has 144 valence electrons. The predicted octanol–water partition coefficient (Wildman–Crippen LogP) is 7.38. The number of phenols is 2. The van der Waals surface area contributed by atoms with E-state index >= 15 is 0 Å². The first kappa shape index (κ1) is 18.0. The van der Waals surface area contributed by atoms with Gasteiger partial charge in [-0.15, -0.1) is 0 Å². The maximum Gasteiger partial charge on any atom is 0.124 e. The SMILES string of the molecule is C=Cc1ccc(-c2ccc3c(-c4c(O)ccc5ccccc45)c(O)ccc3c2)cc1. The normalized spacial score (nSPS) is 11.1. The molecule has 5 aromatic rings. The summed E-state index contributed by atoms with van der Waals surface area (Å²) in [6, 6.07) is 29.5. The highest BCUT2D eigenvalue weighted by Gasteiger charge is 2.17. The maximum atomic E-state index is 10.8. The van der Waals surface area contributed by atoms with E-state index in [1.54, 1.807) is 12.1 Å². The van der Waals surface area contributed by atoms with Crippen LogP contribution in [-0.4, -0.2) is 10.2 Å². The highest BCUT2D eigenvalue weighted by atomic mass is 16.3. The second-order valence-electron chi connectivity index (χ2n) is 7.40. The van der Waals surface area contributed by atoms with Crippen LogP contribution in [0.15, 0.2) is 97.6 Å². The first-order valence-corrected chi connectivity index (χ1v) is 9.85. The van der Waals surface area contributed by atoms with Crippen molar-refractivity contribution >= 4 is 27.6 Å². The minimum atomic E-state index is 0.150. The Balaban J connectivity index is 1.75. The topological polar surface area (TPSA) is 40.5 Å². The fourth-order valence-corrected chi connectivity index (χ4v) is 4.10. The third kappa shape index (κ3) is 2.90. The molecular weight excluding hydrogens is 368 g/mol. The van der Waals surface area contributed by atoms with Crippen LogP contribution < -0.4 is 0 Å². The lowest BCUT2D eigenvalue weighted by Gasteiger charge is -2.15. The van der Waals surface area contributed by atoms with Gasteiger partial charge in [0.2, 0.25) is 0 Å². The molecule has 2 heteroatoms. The molecule has 0 bridgehead atoms. The van der Waals surface area contributed by atoms with Crippen LogP contribution in [0.4, 0.5) is 0 Å². The predicted molar refractivity (Wildman–Crippen MR) is 126 cm³/mol. The number of benzene rings is 5. The molecular formula is C28H20O2. The second-order valence-corrected chi connectivity index (χ2v) is 7.40. The van der Waals surface area contributed by atoms with Gasteiger partial charge in [-0.05, 0) is 56.4 Å². The Kier molecular flexibility index (Phi) is 4.26. The summed E-state index contributed by atoms with van der Waals surface area (Å²) in [5.41, 5.74) is 4.59. The highest BCUT2D eigenvalue weighted by Crippen LogP contribution is 2.45. The van der Waals surface area contributed by atoms with Gasteiger partial charge in [-0.3, -0.25) is 0 Å². The van der Waals surface area contributed by atoms with Gasteiger partial charge in [0.25, 0.3) is 0 Å². The third-order valence-electron chi connectivity index (χ3n) is 5.63. The standard InChI is InChI=1S/C28H20O2/c1-2-18-7-9-19(10-8-18)21-11-14-24-22(17-21)13-16-26(30)28(24)27-23-6-4-3-5-20(23)12-15-25(27)29/h2-17,29-30H,1H2. The van der Waals surface area contributed by atoms with Crippen LogP contribution in [0.2, 0.25) is 0 Å². The van der Waals surface area contributed by atoms with Crippen LogP contribution in [0.1, 0.15) is 5.56 Å². The van der Waals surface area contributed by atoms with Gasteiger partial charge in [-0.2, -0.15) is 0 Å². The van der Waals surface area contributed by atoms with Gasteiger partial charge in [0.1, 0.15) is 11.5 Å². The Labute approximate surface area is 175 Å². The first-order valence-electron chi connectivity index (χ1n) is 9.85. The molecule has 0 aliphatic heterocycles. The molecule has 0 atom stereocenters. The van der Waals surface area contributed by atoms with Crippen molar-refractivity contribution in [1.29, 1.82) is 0 Å². The van der Waals surface area contributed by atoms with Gasteiger partial charge < -0.3 is 10.2 Å². The summed E-state index contributed by atoms with van der Waals surface area (Å²) in [4.78, 5) is 0. The molecule has 0 aliphatic rings. The van der Waals surface area contributed by atoms with Gasteiger partial charge in [-0.1, -0.05) is 85.5 Å². The van der Waals surface area contributed by atoms with Gasteiger partial charge >= 0.3 is 0 Å². The van der Waals surface area contributed by atoms with E-state index in [9.17, 15) is 10.2 Å². The van der Waals surface area contributed by atoms with Crippen molar-refractivity contribution in [3.8, 4) is 33.8 Å². The lowest BCUT2D eigenvalue weighted by molar-refractivity contribution is 0.470. The zero-order valence-electron chi connectivity index (χ0n) is 16.3. The average Bonchev–Trinajstić information content (AvgIpc) is 2.79. The summed E-state index contributed by atoms with van der Waals surface area (Å²) in [6.45, 7) is 3.81. The largest absolute Gasteiger partial charge is 0.507 e. The lowest BCUT2D eigenvalue weighted by Crippen LogP contribution is -1.88. The summed E-state index contributed by atoms with van der Waals surface area (Å²) in [6.07, 6.45) is 1.83. The van der Waals surface area contributed by atoms with Crippen LogP contribution in [0.25, 0.3) is 49.9 Å². The summed E-state index contributed by atoms with van der Waals surface area (Å²) < 4.78 is 0. The molecule has 0 amide bonds. The van der Waals surface area contributed by atoms with Crippen molar-refractivity contribution in [3.63, 3.8) is 0 Å². The Bertz CT molecular complexity index is 1410. The summed E-state index contributed by atoms with van der Waals surface area (Å²) in [5.74, 6) is 0.304. The average molecular weight is 388 g/mol. The lowest BCUT2D eigenvalue weighted by atomic mass is 9.91. The zero-order valence-corrected chi connectivity index (χ0v) is 16.3. The van der Waals surface area contributed by atoms with Gasteiger partial charge in [0, 0.05) is 11.1 Å². The molecule has 0 radical (unpaired) electrons. The van der Waals surface area contributed by atoms with Crippen LogP contribution in [0.5, 0.6) is 11.5 Å². The van der Waals surface area contributed by atoms with Gasteiger partial charge in [0.15, 0.2) is 0 Å². The van der Waals surface area contributed by atoms with Crippen molar-refractivity contribution in [2.45, 2.75) is 0 Å². The van der Waals surface area contributed by atoms with Crippen LogP contribution in [0.3, 0.4) is 0 Å². The number of hydrogen-bond donors (Lipinski definition) is 2.